The molecule has 2 aromatic rings. The molecule has 1 N–H and O–H groups in total. The van der Waals surface area contributed by atoms with Gasteiger partial charge in [-0.3, -0.25) is 4.98 Å². The van der Waals surface area contributed by atoms with E-state index >= 15 is 0 Å². The Kier molecular flexibility index (Phi) is 3.53. The fraction of sp³-hybridized carbons (Fsp3) is 0.389. The summed E-state index contributed by atoms with van der Waals surface area (Å²) >= 11 is 0. The largest absolute Gasteiger partial charge is 0.383 e. The van der Waals surface area contributed by atoms with Gasteiger partial charge in [-0.15, -0.1) is 0 Å². The van der Waals surface area contributed by atoms with Crippen molar-refractivity contribution in [1.82, 2.24) is 9.29 Å². The summed E-state index contributed by atoms with van der Waals surface area (Å²) in [6, 6.07) is 9.90. The highest BCUT2D eigenvalue weighted by atomic mass is 32.2. The van der Waals surface area contributed by atoms with Crippen LogP contribution in [0, 0.1) is 6.92 Å². The molecule has 6 heteroatoms. The van der Waals surface area contributed by atoms with E-state index in [1.807, 2.05) is 13.0 Å². The Morgan fingerprint density at radius 1 is 1.21 bits per heavy atom. The Labute approximate surface area is 142 Å². The summed E-state index contributed by atoms with van der Waals surface area (Å²) in [4.78, 5) is 4.38. The van der Waals surface area contributed by atoms with Crippen LogP contribution in [0.3, 0.4) is 0 Å². The molecule has 5 nitrogen and oxygen atoms in total. The number of pyridine rings is 1. The van der Waals surface area contributed by atoms with Crippen molar-refractivity contribution >= 4 is 10.0 Å². The molecular formula is C18H20N2O3S. The van der Waals surface area contributed by atoms with Gasteiger partial charge in [-0.2, -0.15) is 4.31 Å². The van der Waals surface area contributed by atoms with Crippen molar-refractivity contribution < 1.29 is 13.5 Å². The number of aryl methyl sites for hydroxylation is 1. The molecule has 3 atom stereocenters. The average molecular weight is 344 g/mol. The smallest absolute Gasteiger partial charge is 0.243 e. The van der Waals surface area contributed by atoms with Gasteiger partial charge in [0.2, 0.25) is 10.0 Å². The molecule has 0 radical (unpaired) electrons. The minimum atomic E-state index is -3.62. The monoisotopic (exact) mass is 344 g/mol. The Balaban J connectivity index is 1.74. The summed E-state index contributed by atoms with van der Waals surface area (Å²) in [5.74, 6) is 0. The fourth-order valence-corrected chi connectivity index (χ4v) is 6.03. The number of hydrogen-bond donors (Lipinski definition) is 1. The van der Waals surface area contributed by atoms with Crippen LogP contribution in [0.25, 0.3) is 0 Å². The molecule has 3 heterocycles. The van der Waals surface area contributed by atoms with E-state index in [0.717, 1.165) is 12.0 Å². The highest BCUT2D eigenvalue weighted by Gasteiger charge is 2.60. The van der Waals surface area contributed by atoms with Crippen LogP contribution in [0.4, 0.5) is 0 Å². The van der Waals surface area contributed by atoms with Gasteiger partial charge in [0, 0.05) is 24.0 Å². The Morgan fingerprint density at radius 3 is 2.62 bits per heavy atom. The van der Waals surface area contributed by atoms with Gasteiger partial charge < -0.3 is 5.11 Å². The molecule has 2 saturated heterocycles. The number of aliphatic hydroxyl groups is 1. The van der Waals surface area contributed by atoms with Gasteiger partial charge in [-0.1, -0.05) is 23.8 Å². The third-order valence-electron chi connectivity index (χ3n) is 5.30. The number of aromatic nitrogens is 1. The molecule has 1 aromatic carbocycles. The Morgan fingerprint density at radius 2 is 1.96 bits per heavy atom. The lowest BCUT2D eigenvalue weighted by Crippen LogP contribution is -2.43. The zero-order valence-corrected chi connectivity index (χ0v) is 14.3. The van der Waals surface area contributed by atoms with Gasteiger partial charge in [-0.25, -0.2) is 8.42 Å². The van der Waals surface area contributed by atoms with Gasteiger partial charge in [0.25, 0.3) is 0 Å². The molecule has 2 aliphatic heterocycles. The van der Waals surface area contributed by atoms with Crippen LogP contribution in [-0.4, -0.2) is 34.9 Å². The molecule has 0 amide bonds. The van der Waals surface area contributed by atoms with E-state index in [1.165, 1.54) is 4.31 Å². The first-order valence-electron chi connectivity index (χ1n) is 8.16. The molecule has 24 heavy (non-hydrogen) atoms. The predicted octanol–water partition coefficient (Wildman–Crippen LogP) is 2.20. The molecule has 0 aliphatic carbocycles. The third-order valence-corrected chi connectivity index (χ3v) is 7.27. The highest BCUT2D eigenvalue weighted by molar-refractivity contribution is 7.89. The minimum Gasteiger partial charge on any atom is -0.383 e. The molecule has 2 aliphatic rings. The standard InChI is InChI=1S/C18H20N2O3S/c1-13-4-7-16(8-5-13)24(22,23)20-15-6-9-17(20)18(21,11-15)14-3-2-10-19-12-14/h2-5,7-8,10,12,15,17,21H,6,9,11H2,1H3/t15-,17+,18+/m0/s1. The molecule has 1 aromatic heterocycles. The van der Waals surface area contributed by atoms with Gasteiger partial charge in [-0.05, 0) is 44.4 Å². The number of benzene rings is 1. The van der Waals surface area contributed by atoms with Crippen molar-refractivity contribution in [2.75, 3.05) is 0 Å². The van der Waals surface area contributed by atoms with Crippen LogP contribution in [0.2, 0.25) is 0 Å². The zero-order chi connectivity index (χ0) is 16.9. The van der Waals surface area contributed by atoms with E-state index in [-0.39, 0.29) is 6.04 Å². The van der Waals surface area contributed by atoms with Crippen LogP contribution in [0.15, 0.2) is 53.7 Å². The molecule has 2 bridgehead atoms. The van der Waals surface area contributed by atoms with Crippen molar-refractivity contribution in [3.63, 3.8) is 0 Å². The van der Waals surface area contributed by atoms with Crippen LogP contribution in [0.1, 0.15) is 30.4 Å². The van der Waals surface area contributed by atoms with E-state index in [4.69, 9.17) is 0 Å². The first kappa shape index (κ1) is 15.7. The molecular weight excluding hydrogens is 324 g/mol. The summed E-state index contributed by atoms with van der Waals surface area (Å²) in [5, 5.41) is 11.2. The SMILES string of the molecule is Cc1ccc(S(=O)(=O)N2[C@H]3CC[C@@H]2[C@](O)(c2cccnc2)C3)cc1. The maximum Gasteiger partial charge on any atom is 0.243 e. The van der Waals surface area contributed by atoms with Crippen LogP contribution < -0.4 is 0 Å². The molecule has 0 unspecified atom stereocenters. The fourth-order valence-electron chi connectivity index (χ4n) is 4.12. The predicted molar refractivity (Wildman–Crippen MR) is 89.8 cm³/mol. The quantitative estimate of drug-likeness (QED) is 0.927. The lowest BCUT2D eigenvalue weighted by Gasteiger charge is -2.32. The van der Waals surface area contributed by atoms with Crippen molar-refractivity contribution in [3.8, 4) is 0 Å². The van der Waals surface area contributed by atoms with Crippen molar-refractivity contribution in [2.45, 2.75) is 48.8 Å². The maximum absolute atomic E-state index is 13.1. The first-order valence-corrected chi connectivity index (χ1v) is 9.60. The molecule has 126 valence electrons. The summed E-state index contributed by atoms with van der Waals surface area (Å²) in [6.45, 7) is 1.93. The topological polar surface area (TPSA) is 70.5 Å². The lowest BCUT2D eigenvalue weighted by molar-refractivity contribution is 0.00487. The molecule has 2 fully saturated rings. The van der Waals surface area contributed by atoms with Crippen LogP contribution in [-0.2, 0) is 15.6 Å². The number of nitrogens with zero attached hydrogens (tertiary/aromatic N) is 2. The lowest BCUT2D eigenvalue weighted by atomic mass is 9.80. The van der Waals surface area contributed by atoms with E-state index in [2.05, 4.69) is 4.98 Å². The van der Waals surface area contributed by atoms with Crippen LogP contribution >= 0.6 is 0 Å². The normalized spacial score (nSPS) is 29.9. The van der Waals surface area contributed by atoms with Gasteiger partial charge in [0.1, 0.15) is 5.60 Å². The number of rotatable bonds is 3. The molecule has 0 spiro atoms. The zero-order valence-electron chi connectivity index (χ0n) is 13.5. The highest BCUT2D eigenvalue weighted by Crippen LogP contribution is 2.51. The summed E-state index contributed by atoms with van der Waals surface area (Å²) in [6.07, 6.45) is 5.17. The van der Waals surface area contributed by atoms with E-state index in [0.29, 0.717) is 23.3 Å². The summed E-state index contributed by atoms with van der Waals surface area (Å²) in [7, 11) is -3.62. The van der Waals surface area contributed by atoms with Crippen molar-refractivity contribution in [3.05, 3.63) is 59.9 Å². The van der Waals surface area contributed by atoms with E-state index in [9.17, 15) is 13.5 Å². The van der Waals surface area contributed by atoms with Crippen molar-refractivity contribution in [2.24, 2.45) is 0 Å². The summed E-state index contributed by atoms with van der Waals surface area (Å²) in [5.41, 5.74) is 0.557. The second-order valence-corrected chi connectivity index (χ2v) is 8.61. The van der Waals surface area contributed by atoms with E-state index in [1.54, 1.807) is 42.7 Å². The second-order valence-electron chi connectivity index (χ2n) is 6.77. The minimum absolute atomic E-state index is 0.161. The third kappa shape index (κ3) is 2.21. The average Bonchev–Trinajstić information content (AvgIpc) is 3.13. The van der Waals surface area contributed by atoms with E-state index < -0.39 is 21.7 Å². The van der Waals surface area contributed by atoms with Gasteiger partial charge >= 0.3 is 0 Å². The summed E-state index contributed by atoms with van der Waals surface area (Å²) < 4.78 is 27.8. The first-order chi connectivity index (χ1) is 11.4. The van der Waals surface area contributed by atoms with Crippen molar-refractivity contribution in [1.29, 1.82) is 0 Å². The number of hydrogen-bond acceptors (Lipinski definition) is 4. The second kappa shape index (κ2) is 5.37. The van der Waals surface area contributed by atoms with Gasteiger partial charge in [0.15, 0.2) is 0 Å². The van der Waals surface area contributed by atoms with Gasteiger partial charge in [0.05, 0.1) is 10.9 Å². The number of fused-ring (bicyclic) bond motifs is 2. The Bertz CT molecular complexity index is 852. The molecule has 0 saturated carbocycles. The Hall–Kier alpha value is -1.76. The number of sulfonamides is 1. The van der Waals surface area contributed by atoms with Crippen LogP contribution in [0.5, 0.6) is 0 Å². The maximum atomic E-state index is 13.1. The molecule has 4 rings (SSSR count).